The topological polar surface area (TPSA) is 30.0 Å². The van der Waals surface area contributed by atoms with Crippen LogP contribution in [0.25, 0.3) is 6.08 Å². The maximum absolute atomic E-state index is 12.4. The summed E-state index contributed by atoms with van der Waals surface area (Å²) in [7, 11) is 0. The highest BCUT2D eigenvalue weighted by atomic mass is 35.5. The first-order valence-corrected chi connectivity index (χ1v) is 6.67. The molecule has 2 aromatic rings. The fourth-order valence-electron chi connectivity index (χ4n) is 1.75. The highest BCUT2D eigenvalue weighted by Crippen LogP contribution is 2.27. The number of hydrogen-bond donors (Lipinski definition) is 0. The third kappa shape index (κ3) is 3.95. The van der Waals surface area contributed by atoms with Gasteiger partial charge in [0.25, 0.3) is 0 Å². The van der Waals surface area contributed by atoms with Gasteiger partial charge in [-0.2, -0.15) is 13.2 Å². The molecule has 0 unspecified atom stereocenters. The van der Waals surface area contributed by atoms with Crippen molar-refractivity contribution in [2.24, 2.45) is 0 Å². The van der Waals surface area contributed by atoms with Crippen molar-refractivity contribution in [2.75, 3.05) is 0 Å². The first kappa shape index (κ1) is 16.2. The van der Waals surface area contributed by atoms with Crippen LogP contribution in [-0.2, 0) is 6.18 Å². The van der Waals surface area contributed by atoms with Crippen molar-refractivity contribution in [2.45, 2.75) is 13.1 Å². The number of ketones is 1. The van der Waals surface area contributed by atoms with E-state index < -0.39 is 17.7 Å². The van der Waals surface area contributed by atoms with Crippen LogP contribution in [0.1, 0.15) is 27.2 Å². The maximum Gasteiger partial charge on any atom is 0.433 e. The van der Waals surface area contributed by atoms with E-state index in [2.05, 4.69) is 4.98 Å². The van der Waals surface area contributed by atoms with Crippen LogP contribution in [0, 0.1) is 6.92 Å². The number of alkyl halides is 3. The summed E-state index contributed by atoms with van der Waals surface area (Å²) in [4.78, 5) is 15.2. The summed E-state index contributed by atoms with van der Waals surface area (Å²) in [5.74, 6) is -0.422. The van der Waals surface area contributed by atoms with Crippen LogP contribution in [0.3, 0.4) is 0 Å². The van der Waals surface area contributed by atoms with Crippen molar-refractivity contribution in [1.29, 1.82) is 0 Å². The third-order valence-electron chi connectivity index (χ3n) is 2.95. The number of aryl methyl sites for hydroxylation is 1. The van der Waals surface area contributed by atoms with Gasteiger partial charge in [-0.3, -0.25) is 9.78 Å². The van der Waals surface area contributed by atoms with Gasteiger partial charge in [0.15, 0.2) is 5.78 Å². The predicted molar refractivity (Wildman–Crippen MR) is 78.8 cm³/mol. The molecule has 0 aliphatic carbocycles. The van der Waals surface area contributed by atoms with Crippen LogP contribution in [0.15, 0.2) is 42.6 Å². The first-order valence-electron chi connectivity index (χ1n) is 6.29. The lowest BCUT2D eigenvalue weighted by Gasteiger charge is -2.05. The molecule has 114 valence electrons. The van der Waals surface area contributed by atoms with E-state index in [0.29, 0.717) is 5.02 Å². The van der Waals surface area contributed by atoms with Crippen molar-refractivity contribution < 1.29 is 18.0 Å². The Morgan fingerprint density at radius 3 is 2.50 bits per heavy atom. The van der Waals surface area contributed by atoms with E-state index in [9.17, 15) is 18.0 Å². The zero-order valence-electron chi connectivity index (χ0n) is 11.5. The van der Waals surface area contributed by atoms with Gasteiger partial charge in [0, 0.05) is 16.8 Å². The zero-order chi connectivity index (χ0) is 16.3. The highest BCUT2D eigenvalue weighted by molar-refractivity contribution is 6.31. The van der Waals surface area contributed by atoms with E-state index in [1.807, 2.05) is 6.92 Å². The van der Waals surface area contributed by atoms with Gasteiger partial charge < -0.3 is 0 Å². The van der Waals surface area contributed by atoms with E-state index in [0.717, 1.165) is 29.5 Å². The molecular weight excluding hydrogens is 315 g/mol. The van der Waals surface area contributed by atoms with Gasteiger partial charge in [-0.15, -0.1) is 0 Å². The summed E-state index contributed by atoms with van der Waals surface area (Å²) in [6.45, 7) is 1.83. The molecular formula is C16H11ClF3NO. The molecule has 0 N–H and O–H groups in total. The second-order valence-corrected chi connectivity index (χ2v) is 5.04. The van der Waals surface area contributed by atoms with Gasteiger partial charge >= 0.3 is 6.18 Å². The minimum absolute atomic E-state index is 0.0925. The molecule has 0 aliphatic rings. The van der Waals surface area contributed by atoms with E-state index in [1.165, 1.54) is 6.08 Å². The summed E-state index contributed by atoms with van der Waals surface area (Å²) >= 11 is 5.90. The number of carbonyl (C=O) groups is 1. The largest absolute Gasteiger partial charge is 0.433 e. The molecule has 0 radical (unpaired) electrons. The Balaban J connectivity index is 2.14. The summed E-state index contributed by atoms with van der Waals surface area (Å²) in [6, 6.07) is 7.14. The Morgan fingerprint density at radius 1 is 1.23 bits per heavy atom. The van der Waals surface area contributed by atoms with E-state index in [1.54, 1.807) is 24.3 Å². The van der Waals surface area contributed by atoms with E-state index >= 15 is 0 Å². The zero-order valence-corrected chi connectivity index (χ0v) is 12.2. The van der Waals surface area contributed by atoms with Gasteiger partial charge in [-0.05, 0) is 42.3 Å². The number of rotatable bonds is 3. The summed E-state index contributed by atoms with van der Waals surface area (Å²) in [5, 5.41) is 0.621. The number of nitrogens with zero attached hydrogens (tertiary/aromatic N) is 1. The van der Waals surface area contributed by atoms with Crippen LogP contribution in [0.2, 0.25) is 5.02 Å². The monoisotopic (exact) mass is 325 g/mol. The summed E-state index contributed by atoms with van der Waals surface area (Å²) < 4.78 is 37.2. The Morgan fingerprint density at radius 2 is 1.95 bits per heavy atom. The van der Waals surface area contributed by atoms with Gasteiger partial charge in [0.2, 0.25) is 0 Å². The molecule has 0 amide bonds. The molecule has 1 aromatic carbocycles. The molecule has 2 nitrogen and oxygen atoms in total. The van der Waals surface area contributed by atoms with Crippen molar-refractivity contribution >= 4 is 23.5 Å². The van der Waals surface area contributed by atoms with Crippen molar-refractivity contribution in [3.63, 3.8) is 0 Å². The van der Waals surface area contributed by atoms with Crippen LogP contribution in [0.4, 0.5) is 13.2 Å². The molecule has 2 rings (SSSR count). The van der Waals surface area contributed by atoms with Crippen LogP contribution >= 0.6 is 11.6 Å². The normalized spacial score (nSPS) is 11.9. The standard InChI is InChI=1S/C16H11ClF3NO/c1-10-8-11(2-5-13(10)17)3-6-14(22)12-4-7-15(21-9-12)16(18,19)20/h2-9H,1H3/b6-3+. The number of pyridine rings is 1. The fourth-order valence-corrected chi connectivity index (χ4v) is 1.86. The molecule has 0 bridgehead atoms. The lowest BCUT2D eigenvalue weighted by Crippen LogP contribution is -2.08. The molecule has 6 heteroatoms. The average Bonchev–Trinajstić information content (AvgIpc) is 2.47. The van der Waals surface area contributed by atoms with Gasteiger partial charge in [0.1, 0.15) is 5.69 Å². The first-order chi connectivity index (χ1) is 10.3. The quantitative estimate of drug-likeness (QED) is 0.590. The molecule has 1 heterocycles. The highest BCUT2D eigenvalue weighted by Gasteiger charge is 2.32. The molecule has 0 atom stereocenters. The lowest BCUT2D eigenvalue weighted by molar-refractivity contribution is -0.141. The molecule has 22 heavy (non-hydrogen) atoms. The molecule has 0 aliphatic heterocycles. The number of halogens is 4. The summed E-state index contributed by atoms with van der Waals surface area (Å²) in [5.41, 5.74) is 0.707. The van der Waals surface area contributed by atoms with Gasteiger partial charge in [-0.1, -0.05) is 29.8 Å². The number of aromatic nitrogens is 1. The predicted octanol–water partition coefficient (Wildman–Crippen LogP) is 4.96. The van der Waals surface area contributed by atoms with Crippen LogP contribution < -0.4 is 0 Å². The lowest BCUT2D eigenvalue weighted by atomic mass is 10.1. The molecule has 0 spiro atoms. The van der Waals surface area contributed by atoms with Crippen molar-refractivity contribution in [1.82, 2.24) is 4.98 Å². The third-order valence-corrected chi connectivity index (χ3v) is 3.37. The average molecular weight is 326 g/mol. The Hall–Kier alpha value is -2.14. The number of carbonyl (C=O) groups excluding carboxylic acids is 1. The van der Waals surface area contributed by atoms with E-state index in [-0.39, 0.29) is 5.56 Å². The molecule has 0 saturated heterocycles. The van der Waals surface area contributed by atoms with Gasteiger partial charge in [-0.25, -0.2) is 0 Å². The number of benzene rings is 1. The molecule has 0 saturated carbocycles. The second-order valence-electron chi connectivity index (χ2n) is 4.64. The number of allylic oxidation sites excluding steroid dienone is 1. The maximum atomic E-state index is 12.4. The second kappa shape index (κ2) is 6.32. The minimum atomic E-state index is -4.52. The van der Waals surface area contributed by atoms with Crippen LogP contribution in [0.5, 0.6) is 0 Å². The van der Waals surface area contributed by atoms with Crippen molar-refractivity contribution in [3.8, 4) is 0 Å². The Kier molecular flexibility index (Phi) is 4.66. The van der Waals surface area contributed by atoms with Crippen molar-refractivity contribution in [3.05, 3.63) is 70.0 Å². The van der Waals surface area contributed by atoms with Crippen LogP contribution in [-0.4, -0.2) is 10.8 Å². The Bertz CT molecular complexity index is 721. The molecule has 0 fully saturated rings. The SMILES string of the molecule is Cc1cc(/C=C/C(=O)c2ccc(C(F)(F)F)nc2)ccc1Cl. The molecule has 1 aromatic heterocycles. The van der Waals surface area contributed by atoms with E-state index in [4.69, 9.17) is 11.6 Å². The number of hydrogen-bond acceptors (Lipinski definition) is 2. The Labute approximate surface area is 130 Å². The smallest absolute Gasteiger partial charge is 0.289 e. The van der Waals surface area contributed by atoms with Gasteiger partial charge in [0.05, 0.1) is 0 Å². The summed E-state index contributed by atoms with van der Waals surface area (Å²) in [6.07, 6.45) is -0.739. The minimum Gasteiger partial charge on any atom is -0.289 e. The fraction of sp³-hybridized carbons (Fsp3) is 0.125.